The van der Waals surface area contributed by atoms with Gasteiger partial charge in [-0.05, 0) is 48.9 Å². The van der Waals surface area contributed by atoms with Gasteiger partial charge in [0.2, 0.25) is 0 Å². The summed E-state index contributed by atoms with van der Waals surface area (Å²) in [6, 6.07) is 0. The normalized spacial score (nSPS) is 34.1. The Morgan fingerprint density at radius 1 is 1.29 bits per heavy atom. The highest BCUT2D eigenvalue weighted by molar-refractivity contribution is 4.98. The maximum absolute atomic E-state index is 4.01. The van der Waals surface area contributed by atoms with E-state index in [0.717, 1.165) is 5.92 Å². The van der Waals surface area contributed by atoms with Crippen molar-refractivity contribution in [2.75, 3.05) is 0 Å². The van der Waals surface area contributed by atoms with Crippen molar-refractivity contribution in [3.63, 3.8) is 0 Å². The Balaban J connectivity index is 2.57. The molecule has 0 amide bonds. The summed E-state index contributed by atoms with van der Waals surface area (Å²) in [6.07, 6.45) is 8.98. The first-order valence-electron chi connectivity index (χ1n) is 6.07. The maximum Gasteiger partial charge on any atom is -0.0123 e. The first-order valence-corrected chi connectivity index (χ1v) is 6.07. The van der Waals surface area contributed by atoms with Crippen LogP contribution in [0.1, 0.15) is 59.8 Å². The fraction of sp³-hybridized carbons (Fsp3) is 0.857. The first-order chi connectivity index (χ1) is 6.43. The molecule has 1 aliphatic rings. The van der Waals surface area contributed by atoms with Crippen molar-refractivity contribution in [3.8, 4) is 0 Å². The molecule has 0 bridgehead atoms. The molecule has 0 heterocycles. The monoisotopic (exact) mass is 194 g/mol. The molecule has 0 nitrogen and oxygen atoms in total. The zero-order valence-corrected chi connectivity index (χ0v) is 10.4. The number of hydrogen-bond donors (Lipinski definition) is 0. The Morgan fingerprint density at radius 3 is 2.07 bits per heavy atom. The minimum absolute atomic E-state index is 0.474. The van der Waals surface area contributed by atoms with Crippen LogP contribution in [0.3, 0.4) is 0 Å². The molecule has 0 aliphatic heterocycles. The molecule has 1 fully saturated rings. The van der Waals surface area contributed by atoms with Gasteiger partial charge in [-0.15, -0.1) is 6.58 Å². The van der Waals surface area contributed by atoms with Crippen LogP contribution in [-0.2, 0) is 0 Å². The summed E-state index contributed by atoms with van der Waals surface area (Å²) in [4.78, 5) is 0. The highest BCUT2D eigenvalue weighted by atomic mass is 14.4. The van der Waals surface area contributed by atoms with Gasteiger partial charge in [0, 0.05) is 0 Å². The van der Waals surface area contributed by atoms with Gasteiger partial charge in [0.25, 0.3) is 0 Å². The molecule has 0 aromatic carbocycles. The Hall–Kier alpha value is -0.260. The summed E-state index contributed by atoms with van der Waals surface area (Å²) in [5.41, 5.74) is 0.975. The van der Waals surface area contributed by atoms with Gasteiger partial charge in [-0.2, -0.15) is 0 Å². The summed E-state index contributed by atoms with van der Waals surface area (Å²) in [5.74, 6) is 0.919. The second-order valence-electron chi connectivity index (χ2n) is 6.06. The van der Waals surface area contributed by atoms with Gasteiger partial charge in [0.1, 0.15) is 0 Å². The molecule has 0 saturated heterocycles. The van der Waals surface area contributed by atoms with Gasteiger partial charge in [0.05, 0.1) is 0 Å². The van der Waals surface area contributed by atoms with E-state index in [4.69, 9.17) is 0 Å². The maximum atomic E-state index is 4.01. The third-order valence-electron chi connectivity index (χ3n) is 4.34. The number of rotatable bonds is 2. The van der Waals surface area contributed by atoms with E-state index in [1.165, 1.54) is 32.1 Å². The van der Waals surface area contributed by atoms with Crippen LogP contribution in [0.5, 0.6) is 0 Å². The molecule has 0 spiro atoms. The van der Waals surface area contributed by atoms with E-state index in [-0.39, 0.29) is 0 Å². The van der Waals surface area contributed by atoms with E-state index >= 15 is 0 Å². The topological polar surface area (TPSA) is 0 Å². The second kappa shape index (κ2) is 4.08. The standard InChI is InChI=1S/C14H26/c1-6-14(7-2)10-8-12(9-11-14)13(3,4)5/h6,12H,1,7-11H2,2-5H3. The molecular weight excluding hydrogens is 168 g/mol. The predicted molar refractivity (Wildman–Crippen MR) is 64.3 cm³/mol. The molecule has 1 saturated carbocycles. The van der Waals surface area contributed by atoms with Crippen LogP contribution < -0.4 is 0 Å². The van der Waals surface area contributed by atoms with Crippen molar-refractivity contribution in [1.29, 1.82) is 0 Å². The summed E-state index contributed by atoms with van der Waals surface area (Å²) in [5, 5.41) is 0. The first kappa shape index (κ1) is 11.8. The minimum Gasteiger partial charge on any atom is -0.103 e. The van der Waals surface area contributed by atoms with Crippen molar-refractivity contribution >= 4 is 0 Å². The lowest BCUT2D eigenvalue weighted by Crippen LogP contribution is -2.31. The van der Waals surface area contributed by atoms with Crippen molar-refractivity contribution in [2.45, 2.75) is 59.8 Å². The fourth-order valence-electron chi connectivity index (χ4n) is 2.76. The van der Waals surface area contributed by atoms with Crippen LogP contribution in [0.4, 0.5) is 0 Å². The molecule has 0 aromatic rings. The average Bonchev–Trinajstić information content (AvgIpc) is 2.16. The van der Waals surface area contributed by atoms with E-state index in [2.05, 4.69) is 40.3 Å². The summed E-state index contributed by atoms with van der Waals surface area (Å²) in [6.45, 7) is 13.5. The third-order valence-corrected chi connectivity index (χ3v) is 4.34. The van der Waals surface area contributed by atoms with Gasteiger partial charge in [-0.25, -0.2) is 0 Å². The highest BCUT2D eigenvalue weighted by Crippen LogP contribution is 2.47. The highest BCUT2D eigenvalue weighted by Gasteiger charge is 2.35. The molecule has 0 N–H and O–H groups in total. The molecule has 0 aromatic heterocycles. The van der Waals surface area contributed by atoms with Crippen LogP contribution in [0.15, 0.2) is 12.7 Å². The van der Waals surface area contributed by atoms with E-state index in [9.17, 15) is 0 Å². The van der Waals surface area contributed by atoms with E-state index < -0.39 is 0 Å². The average molecular weight is 194 g/mol. The zero-order chi connectivity index (χ0) is 10.8. The Labute approximate surface area is 89.8 Å². The molecule has 1 aliphatic carbocycles. The predicted octanol–water partition coefficient (Wildman–Crippen LogP) is 4.81. The van der Waals surface area contributed by atoms with Crippen molar-refractivity contribution in [3.05, 3.63) is 12.7 Å². The Kier molecular flexibility index (Phi) is 3.44. The molecule has 0 atom stereocenters. The van der Waals surface area contributed by atoms with Crippen molar-refractivity contribution < 1.29 is 0 Å². The molecule has 1 rings (SSSR count). The largest absolute Gasteiger partial charge is 0.103 e. The molecular formula is C14H26. The lowest BCUT2D eigenvalue weighted by atomic mass is 9.63. The van der Waals surface area contributed by atoms with Crippen LogP contribution in [0.2, 0.25) is 0 Å². The van der Waals surface area contributed by atoms with Crippen molar-refractivity contribution in [2.24, 2.45) is 16.7 Å². The zero-order valence-electron chi connectivity index (χ0n) is 10.4. The molecule has 14 heavy (non-hydrogen) atoms. The minimum atomic E-state index is 0.474. The SMILES string of the molecule is C=CC1(CC)CCC(C(C)(C)C)CC1. The lowest BCUT2D eigenvalue weighted by molar-refractivity contribution is 0.114. The van der Waals surface area contributed by atoms with E-state index in [1.54, 1.807) is 0 Å². The summed E-state index contributed by atoms with van der Waals surface area (Å²) < 4.78 is 0. The van der Waals surface area contributed by atoms with Crippen LogP contribution in [0.25, 0.3) is 0 Å². The molecule has 0 heteroatoms. The smallest absolute Gasteiger partial charge is 0.0123 e. The van der Waals surface area contributed by atoms with E-state index in [0.29, 0.717) is 10.8 Å². The van der Waals surface area contributed by atoms with Gasteiger partial charge < -0.3 is 0 Å². The molecule has 0 radical (unpaired) electrons. The lowest BCUT2D eigenvalue weighted by Gasteiger charge is -2.42. The number of hydrogen-bond acceptors (Lipinski definition) is 0. The van der Waals surface area contributed by atoms with Crippen molar-refractivity contribution in [1.82, 2.24) is 0 Å². The second-order valence-corrected chi connectivity index (χ2v) is 6.06. The fourth-order valence-corrected chi connectivity index (χ4v) is 2.76. The quantitative estimate of drug-likeness (QED) is 0.554. The number of allylic oxidation sites excluding steroid dienone is 1. The molecule has 0 unspecified atom stereocenters. The summed E-state index contributed by atoms with van der Waals surface area (Å²) >= 11 is 0. The van der Waals surface area contributed by atoms with Crippen LogP contribution in [0, 0.1) is 16.7 Å². The third kappa shape index (κ3) is 2.40. The van der Waals surface area contributed by atoms with Gasteiger partial charge in [-0.1, -0.05) is 33.8 Å². The van der Waals surface area contributed by atoms with E-state index in [1.807, 2.05) is 0 Å². The Bertz CT molecular complexity index is 187. The van der Waals surface area contributed by atoms with Gasteiger partial charge in [0.15, 0.2) is 0 Å². The van der Waals surface area contributed by atoms with Crippen LogP contribution >= 0.6 is 0 Å². The van der Waals surface area contributed by atoms with Gasteiger partial charge in [-0.3, -0.25) is 0 Å². The summed E-state index contributed by atoms with van der Waals surface area (Å²) in [7, 11) is 0. The van der Waals surface area contributed by atoms with Gasteiger partial charge >= 0.3 is 0 Å². The molecule has 82 valence electrons. The van der Waals surface area contributed by atoms with Crippen LogP contribution in [-0.4, -0.2) is 0 Å². The Morgan fingerprint density at radius 2 is 1.79 bits per heavy atom.